The molecule has 0 bridgehead atoms. The van der Waals surface area contributed by atoms with Gasteiger partial charge in [-0.25, -0.2) is 4.79 Å². The molecule has 0 saturated carbocycles. The van der Waals surface area contributed by atoms with Gasteiger partial charge in [-0.3, -0.25) is 10.1 Å². The van der Waals surface area contributed by atoms with Gasteiger partial charge in [0.15, 0.2) is 0 Å². The Kier molecular flexibility index (Phi) is 6.44. The standard InChI is InChI=1S/C19H20N2O4S2/c1-3-24-19(23)17-13(15-7-5-9-26-15)11-27-18(17)21-16(22)10-20-12(2)14-6-4-8-25-14/h4-9,11-12,20H,3,10H2,1-2H3,(H,21,22)/t12-/m1/s1. The fraction of sp³-hybridized carbons (Fsp3) is 0.263. The van der Waals surface area contributed by atoms with E-state index < -0.39 is 5.97 Å². The number of anilines is 1. The Morgan fingerprint density at radius 3 is 2.78 bits per heavy atom. The van der Waals surface area contributed by atoms with Gasteiger partial charge in [0.25, 0.3) is 0 Å². The topological polar surface area (TPSA) is 80.6 Å². The molecule has 0 spiro atoms. The lowest BCUT2D eigenvalue weighted by Gasteiger charge is -2.12. The number of thiophene rings is 2. The molecule has 142 valence electrons. The second-order valence-electron chi connectivity index (χ2n) is 5.72. The van der Waals surface area contributed by atoms with Crippen LogP contribution in [0.5, 0.6) is 0 Å². The number of nitrogens with one attached hydrogen (secondary N) is 2. The van der Waals surface area contributed by atoms with Crippen molar-refractivity contribution in [3.63, 3.8) is 0 Å². The van der Waals surface area contributed by atoms with Crippen LogP contribution in [-0.4, -0.2) is 25.0 Å². The van der Waals surface area contributed by atoms with Crippen LogP contribution in [0.3, 0.4) is 0 Å². The van der Waals surface area contributed by atoms with Gasteiger partial charge in [-0.2, -0.15) is 0 Å². The minimum atomic E-state index is -0.436. The van der Waals surface area contributed by atoms with E-state index >= 15 is 0 Å². The molecule has 0 fully saturated rings. The lowest BCUT2D eigenvalue weighted by atomic mass is 10.1. The number of ether oxygens (including phenoxy) is 1. The smallest absolute Gasteiger partial charge is 0.341 e. The molecule has 0 aromatic carbocycles. The first-order valence-corrected chi connectivity index (χ1v) is 10.2. The lowest BCUT2D eigenvalue weighted by Crippen LogP contribution is -2.30. The molecule has 0 unspecified atom stereocenters. The van der Waals surface area contributed by atoms with Crippen molar-refractivity contribution in [2.45, 2.75) is 19.9 Å². The van der Waals surface area contributed by atoms with Crippen molar-refractivity contribution in [3.8, 4) is 10.4 Å². The molecule has 8 heteroatoms. The van der Waals surface area contributed by atoms with Gasteiger partial charge in [-0.05, 0) is 37.4 Å². The average Bonchev–Trinajstić information content (AvgIpc) is 3.40. The molecule has 3 aromatic heterocycles. The highest BCUT2D eigenvalue weighted by Gasteiger charge is 2.23. The Morgan fingerprint density at radius 1 is 1.26 bits per heavy atom. The molecule has 0 aliphatic rings. The number of amides is 1. The number of carbonyl (C=O) groups is 2. The lowest BCUT2D eigenvalue weighted by molar-refractivity contribution is -0.115. The van der Waals surface area contributed by atoms with E-state index in [4.69, 9.17) is 9.15 Å². The van der Waals surface area contributed by atoms with Crippen molar-refractivity contribution in [2.75, 3.05) is 18.5 Å². The maximum atomic E-state index is 12.5. The third-order valence-electron chi connectivity index (χ3n) is 3.85. The molecule has 3 aromatic rings. The van der Waals surface area contributed by atoms with E-state index in [2.05, 4.69) is 10.6 Å². The number of hydrogen-bond acceptors (Lipinski definition) is 7. The van der Waals surface area contributed by atoms with Gasteiger partial charge < -0.3 is 14.5 Å². The van der Waals surface area contributed by atoms with Gasteiger partial charge in [0.1, 0.15) is 16.3 Å². The monoisotopic (exact) mass is 404 g/mol. The van der Waals surface area contributed by atoms with Crippen LogP contribution in [0, 0.1) is 0 Å². The Bertz CT molecular complexity index is 885. The predicted molar refractivity (Wildman–Crippen MR) is 107 cm³/mol. The number of hydrogen-bond donors (Lipinski definition) is 2. The second-order valence-corrected chi connectivity index (χ2v) is 7.54. The van der Waals surface area contributed by atoms with Crippen molar-refractivity contribution < 1.29 is 18.7 Å². The zero-order chi connectivity index (χ0) is 19.2. The fourth-order valence-electron chi connectivity index (χ4n) is 2.52. The number of furan rings is 1. The first-order chi connectivity index (χ1) is 13.1. The van der Waals surface area contributed by atoms with E-state index in [9.17, 15) is 9.59 Å². The van der Waals surface area contributed by atoms with Gasteiger partial charge in [0.2, 0.25) is 5.91 Å². The first-order valence-electron chi connectivity index (χ1n) is 8.49. The highest BCUT2D eigenvalue weighted by Crippen LogP contribution is 2.38. The normalized spacial score (nSPS) is 11.9. The zero-order valence-corrected chi connectivity index (χ0v) is 16.6. The Morgan fingerprint density at radius 2 is 2.11 bits per heavy atom. The van der Waals surface area contributed by atoms with Crippen LogP contribution in [0.4, 0.5) is 5.00 Å². The Labute approximate surface area is 165 Å². The van der Waals surface area contributed by atoms with Gasteiger partial charge in [-0.1, -0.05) is 6.07 Å². The summed E-state index contributed by atoms with van der Waals surface area (Å²) in [5, 5.41) is 10.2. The molecule has 0 radical (unpaired) electrons. The average molecular weight is 405 g/mol. The van der Waals surface area contributed by atoms with E-state index in [-0.39, 0.29) is 25.1 Å². The van der Waals surface area contributed by atoms with Gasteiger partial charge in [-0.15, -0.1) is 22.7 Å². The quantitative estimate of drug-likeness (QED) is 0.539. The van der Waals surface area contributed by atoms with Crippen LogP contribution < -0.4 is 10.6 Å². The highest BCUT2D eigenvalue weighted by atomic mass is 32.1. The Hall–Kier alpha value is -2.42. The van der Waals surface area contributed by atoms with E-state index in [0.29, 0.717) is 10.6 Å². The molecule has 27 heavy (non-hydrogen) atoms. The van der Waals surface area contributed by atoms with Crippen LogP contribution in [0.25, 0.3) is 10.4 Å². The minimum Gasteiger partial charge on any atom is -0.468 e. The van der Waals surface area contributed by atoms with Crippen molar-refractivity contribution in [1.29, 1.82) is 0 Å². The molecule has 0 saturated heterocycles. The van der Waals surface area contributed by atoms with Gasteiger partial charge in [0, 0.05) is 15.8 Å². The second kappa shape index (κ2) is 8.98. The summed E-state index contributed by atoms with van der Waals surface area (Å²) in [6.45, 7) is 4.04. The van der Waals surface area contributed by atoms with Crippen molar-refractivity contribution in [2.24, 2.45) is 0 Å². The summed E-state index contributed by atoms with van der Waals surface area (Å²) >= 11 is 2.85. The molecule has 6 nitrogen and oxygen atoms in total. The van der Waals surface area contributed by atoms with Crippen LogP contribution >= 0.6 is 22.7 Å². The molecular formula is C19H20N2O4S2. The van der Waals surface area contributed by atoms with Crippen molar-refractivity contribution in [3.05, 3.63) is 52.6 Å². The van der Waals surface area contributed by atoms with E-state index in [1.54, 1.807) is 19.3 Å². The maximum absolute atomic E-state index is 12.5. The molecule has 3 heterocycles. The Balaban J connectivity index is 1.72. The molecule has 0 aliphatic carbocycles. The minimum absolute atomic E-state index is 0.0936. The largest absolute Gasteiger partial charge is 0.468 e. The summed E-state index contributed by atoms with van der Waals surface area (Å²) in [7, 11) is 0. The van der Waals surface area contributed by atoms with E-state index in [1.807, 2.05) is 35.9 Å². The molecule has 1 amide bonds. The summed E-state index contributed by atoms with van der Waals surface area (Å²) in [6, 6.07) is 7.41. The van der Waals surface area contributed by atoms with Crippen LogP contribution in [0.15, 0.2) is 45.7 Å². The predicted octanol–water partition coefficient (Wildman–Crippen LogP) is 4.54. The molecular weight excluding hydrogens is 384 g/mol. The number of rotatable bonds is 8. The summed E-state index contributed by atoms with van der Waals surface area (Å²) in [4.78, 5) is 25.8. The summed E-state index contributed by atoms with van der Waals surface area (Å²) < 4.78 is 10.5. The number of esters is 1. The maximum Gasteiger partial charge on any atom is 0.341 e. The molecule has 2 N–H and O–H groups in total. The van der Waals surface area contributed by atoms with Gasteiger partial charge in [0.05, 0.1) is 25.5 Å². The van der Waals surface area contributed by atoms with E-state index in [1.165, 1.54) is 22.7 Å². The molecule has 3 rings (SSSR count). The fourth-order valence-corrected chi connectivity index (χ4v) is 4.31. The first kappa shape index (κ1) is 19.3. The zero-order valence-electron chi connectivity index (χ0n) is 15.0. The third kappa shape index (κ3) is 4.65. The number of carbonyl (C=O) groups excluding carboxylic acids is 2. The van der Waals surface area contributed by atoms with E-state index in [0.717, 1.165) is 16.2 Å². The third-order valence-corrected chi connectivity index (χ3v) is 5.65. The summed E-state index contributed by atoms with van der Waals surface area (Å²) in [6.07, 6.45) is 1.59. The molecule has 1 atom stereocenters. The van der Waals surface area contributed by atoms with Crippen LogP contribution in [0.1, 0.15) is 36.0 Å². The van der Waals surface area contributed by atoms with Crippen LogP contribution in [-0.2, 0) is 9.53 Å². The SMILES string of the molecule is CCOC(=O)c1c(-c2cccs2)csc1NC(=O)CN[C@H](C)c1ccco1. The molecule has 0 aliphatic heterocycles. The van der Waals surface area contributed by atoms with Crippen molar-refractivity contribution in [1.82, 2.24) is 5.32 Å². The highest BCUT2D eigenvalue weighted by molar-refractivity contribution is 7.17. The van der Waals surface area contributed by atoms with Crippen LogP contribution in [0.2, 0.25) is 0 Å². The summed E-state index contributed by atoms with van der Waals surface area (Å²) in [5.41, 5.74) is 1.18. The van der Waals surface area contributed by atoms with Gasteiger partial charge >= 0.3 is 5.97 Å². The summed E-state index contributed by atoms with van der Waals surface area (Å²) in [5.74, 6) is 0.0824. The van der Waals surface area contributed by atoms with Crippen molar-refractivity contribution >= 4 is 39.6 Å².